The molecule has 1 aromatic heterocycles. The summed E-state index contributed by atoms with van der Waals surface area (Å²) in [5.41, 5.74) is 0.199. The molecular formula is C12H8FN3O3. The third-order valence-corrected chi connectivity index (χ3v) is 2.41. The summed E-state index contributed by atoms with van der Waals surface area (Å²) in [6.45, 7) is 0.117. The van der Waals surface area contributed by atoms with Crippen LogP contribution in [0.4, 0.5) is 16.0 Å². The Labute approximate surface area is 107 Å². The fourth-order valence-corrected chi connectivity index (χ4v) is 1.53. The van der Waals surface area contributed by atoms with Gasteiger partial charge in [-0.15, -0.1) is 0 Å². The maximum absolute atomic E-state index is 13.3. The maximum Gasteiger partial charge on any atom is 0.433 e. The average Bonchev–Trinajstić information content (AvgIpc) is 2.85. The van der Waals surface area contributed by atoms with Crippen molar-refractivity contribution in [1.29, 1.82) is 5.26 Å². The second-order valence-electron chi connectivity index (χ2n) is 3.62. The lowest BCUT2D eigenvalue weighted by atomic mass is 10.2. The zero-order chi connectivity index (χ0) is 13.8. The van der Waals surface area contributed by atoms with Gasteiger partial charge in [-0.3, -0.25) is 10.1 Å². The molecule has 0 saturated carbocycles. The molecule has 0 amide bonds. The number of hydrogen-bond acceptors (Lipinski definition) is 5. The Morgan fingerprint density at radius 3 is 2.84 bits per heavy atom. The summed E-state index contributed by atoms with van der Waals surface area (Å²) in [5.74, 6) is -0.672. The van der Waals surface area contributed by atoms with Crippen molar-refractivity contribution in [3.8, 4) is 6.07 Å². The Morgan fingerprint density at radius 2 is 2.21 bits per heavy atom. The van der Waals surface area contributed by atoms with Gasteiger partial charge in [-0.25, -0.2) is 4.39 Å². The number of hydrogen-bond donors (Lipinski definition) is 1. The van der Waals surface area contributed by atoms with Crippen molar-refractivity contribution in [2.45, 2.75) is 6.54 Å². The predicted molar refractivity (Wildman–Crippen MR) is 63.8 cm³/mol. The molecular weight excluding hydrogens is 253 g/mol. The van der Waals surface area contributed by atoms with Crippen LogP contribution in [0.25, 0.3) is 0 Å². The summed E-state index contributed by atoms with van der Waals surface area (Å²) in [4.78, 5) is 9.79. The molecule has 0 aliphatic heterocycles. The largest absolute Gasteiger partial charge is 0.433 e. The van der Waals surface area contributed by atoms with Crippen LogP contribution in [0.1, 0.15) is 11.3 Å². The van der Waals surface area contributed by atoms with Gasteiger partial charge >= 0.3 is 5.88 Å². The Balaban J connectivity index is 2.12. The molecule has 1 N–H and O–H groups in total. The van der Waals surface area contributed by atoms with Gasteiger partial charge in [-0.1, -0.05) is 6.07 Å². The van der Waals surface area contributed by atoms with Crippen LogP contribution in [-0.4, -0.2) is 4.92 Å². The molecule has 0 aliphatic carbocycles. The topological polar surface area (TPSA) is 92.1 Å². The smallest absolute Gasteiger partial charge is 0.404 e. The highest BCUT2D eigenvalue weighted by Crippen LogP contribution is 2.20. The number of nitro groups is 1. The Hall–Kier alpha value is -2.88. The molecule has 7 heteroatoms. The van der Waals surface area contributed by atoms with Crippen LogP contribution in [0.15, 0.2) is 34.7 Å². The van der Waals surface area contributed by atoms with Gasteiger partial charge in [-0.2, -0.15) is 5.26 Å². The lowest BCUT2D eigenvalue weighted by Crippen LogP contribution is -2.01. The van der Waals surface area contributed by atoms with E-state index in [0.717, 1.165) is 0 Å². The highest BCUT2D eigenvalue weighted by molar-refractivity contribution is 5.57. The lowest BCUT2D eigenvalue weighted by molar-refractivity contribution is -0.402. The van der Waals surface area contributed by atoms with Crippen LogP contribution in [0.3, 0.4) is 0 Å². The van der Waals surface area contributed by atoms with Gasteiger partial charge in [-0.05, 0) is 18.2 Å². The minimum atomic E-state index is -0.646. The maximum atomic E-state index is 13.3. The average molecular weight is 261 g/mol. The lowest BCUT2D eigenvalue weighted by Gasteiger charge is -2.06. The third-order valence-electron chi connectivity index (χ3n) is 2.41. The highest BCUT2D eigenvalue weighted by atomic mass is 19.1. The summed E-state index contributed by atoms with van der Waals surface area (Å²) in [7, 11) is 0. The molecule has 0 saturated heterocycles. The summed E-state index contributed by atoms with van der Waals surface area (Å²) in [6, 6.07) is 8.60. The van der Waals surface area contributed by atoms with Crippen LogP contribution >= 0.6 is 0 Å². The van der Waals surface area contributed by atoms with E-state index >= 15 is 0 Å². The summed E-state index contributed by atoms with van der Waals surface area (Å²) >= 11 is 0. The Morgan fingerprint density at radius 1 is 1.42 bits per heavy atom. The molecule has 0 fully saturated rings. The van der Waals surface area contributed by atoms with Crippen molar-refractivity contribution in [3.05, 3.63) is 57.6 Å². The van der Waals surface area contributed by atoms with Gasteiger partial charge in [0, 0.05) is 0 Å². The van der Waals surface area contributed by atoms with Crippen LogP contribution in [0.2, 0.25) is 0 Å². The van der Waals surface area contributed by atoms with E-state index in [4.69, 9.17) is 9.68 Å². The molecule has 0 atom stereocenters. The standard InChI is InChI=1S/C12H8FN3O3/c13-10-2-1-3-11(9(10)6-14)15-7-8-4-5-12(19-8)16(17)18/h1-5,15H,7H2. The van der Waals surface area contributed by atoms with Gasteiger partial charge in [0.1, 0.15) is 28.1 Å². The quantitative estimate of drug-likeness (QED) is 0.674. The van der Waals surface area contributed by atoms with Crippen LogP contribution in [0, 0.1) is 27.3 Å². The fourth-order valence-electron chi connectivity index (χ4n) is 1.53. The second kappa shape index (κ2) is 5.18. The minimum Gasteiger partial charge on any atom is -0.404 e. The van der Waals surface area contributed by atoms with E-state index in [-0.39, 0.29) is 18.0 Å². The molecule has 1 heterocycles. The molecule has 0 bridgehead atoms. The van der Waals surface area contributed by atoms with E-state index in [0.29, 0.717) is 11.4 Å². The number of rotatable bonds is 4. The minimum absolute atomic E-state index is 0.108. The molecule has 1 aromatic carbocycles. The number of nitriles is 1. The van der Waals surface area contributed by atoms with Crippen molar-refractivity contribution in [2.75, 3.05) is 5.32 Å². The zero-order valence-corrected chi connectivity index (χ0v) is 9.59. The normalized spacial score (nSPS) is 9.89. The van der Waals surface area contributed by atoms with E-state index in [2.05, 4.69) is 5.32 Å². The van der Waals surface area contributed by atoms with E-state index < -0.39 is 10.7 Å². The van der Waals surface area contributed by atoms with Crippen molar-refractivity contribution >= 4 is 11.6 Å². The highest BCUT2D eigenvalue weighted by Gasteiger charge is 2.12. The van der Waals surface area contributed by atoms with Gasteiger partial charge in [0.2, 0.25) is 0 Å². The van der Waals surface area contributed by atoms with Gasteiger partial charge in [0.15, 0.2) is 0 Å². The Bertz CT molecular complexity index is 660. The first kappa shape index (κ1) is 12.6. The predicted octanol–water partition coefficient (Wildman–Crippen LogP) is 2.81. The summed E-state index contributed by atoms with van der Waals surface area (Å²) < 4.78 is 18.2. The monoisotopic (exact) mass is 261 g/mol. The summed E-state index contributed by atoms with van der Waals surface area (Å²) in [5, 5.41) is 22.1. The summed E-state index contributed by atoms with van der Waals surface area (Å²) in [6.07, 6.45) is 0. The second-order valence-corrected chi connectivity index (χ2v) is 3.62. The number of benzene rings is 1. The first-order valence-corrected chi connectivity index (χ1v) is 5.27. The molecule has 6 nitrogen and oxygen atoms in total. The first-order chi connectivity index (χ1) is 9.11. The Kier molecular flexibility index (Phi) is 3.43. The van der Waals surface area contributed by atoms with E-state index in [1.54, 1.807) is 12.1 Å². The van der Waals surface area contributed by atoms with Crippen LogP contribution in [-0.2, 0) is 6.54 Å². The number of furan rings is 1. The molecule has 19 heavy (non-hydrogen) atoms. The van der Waals surface area contributed by atoms with Gasteiger partial charge in [0.25, 0.3) is 0 Å². The zero-order valence-electron chi connectivity index (χ0n) is 9.59. The van der Waals surface area contributed by atoms with Crippen molar-refractivity contribution in [2.24, 2.45) is 0 Å². The van der Waals surface area contributed by atoms with Crippen LogP contribution < -0.4 is 5.32 Å². The van der Waals surface area contributed by atoms with Crippen molar-refractivity contribution in [3.63, 3.8) is 0 Å². The van der Waals surface area contributed by atoms with Gasteiger partial charge < -0.3 is 9.73 Å². The molecule has 96 valence electrons. The van der Waals surface area contributed by atoms with E-state index in [1.807, 2.05) is 0 Å². The molecule has 2 aromatic rings. The van der Waals surface area contributed by atoms with Crippen LogP contribution in [0.5, 0.6) is 0 Å². The molecule has 0 spiro atoms. The van der Waals surface area contributed by atoms with E-state index in [1.165, 1.54) is 24.3 Å². The molecule has 0 radical (unpaired) electrons. The van der Waals surface area contributed by atoms with Crippen molar-refractivity contribution in [1.82, 2.24) is 0 Å². The third kappa shape index (κ3) is 2.69. The van der Waals surface area contributed by atoms with Crippen molar-refractivity contribution < 1.29 is 13.7 Å². The SMILES string of the molecule is N#Cc1c(F)cccc1NCc1ccc([N+](=O)[O-])o1. The number of halogens is 1. The molecule has 2 rings (SSSR count). The fraction of sp³-hybridized carbons (Fsp3) is 0.0833. The number of anilines is 1. The number of nitrogens with zero attached hydrogens (tertiary/aromatic N) is 2. The van der Waals surface area contributed by atoms with E-state index in [9.17, 15) is 14.5 Å². The number of nitrogens with one attached hydrogen (secondary N) is 1. The van der Waals surface area contributed by atoms with Gasteiger partial charge in [0.05, 0.1) is 18.3 Å². The molecule has 0 aliphatic rings. The molecule has 0 unspecified atom stereocenters. The first-order valence-electron chi connectivity index (χ1n) is 5.27.